The summed E-state index contributed by atoms with van der Waals surface area (Å²) in [4.78, 5) is 23.2. The van der Waals surface area contributed by atoms with Gasteiger partial charge in [-0.15, -0.1) is 0 Å². The van der Waals surface area contributed by atoms with Crippen LogP contribution in [0.5, 0.6) is 0 Å². The van der Waals surface area contributed by atoms with Crippen molar-refractivity contribution in [3.63, 3.8) is 0 Å². The molecule has 0 saturated carbocycles. The molecule has 0 bridgehead atoms. The number of rotatable bonds is 6. The summed E-state index contributed by atoms with van der Waals surface area (Å²) in [5.41, 5.74) is -0.945. The fraction of sp³-hybridized carbons (Fsp3) is 0.462. The number of carboxylic acid groups (broad SMARTS) is 1. The van der Waals surface area contributed by atoms with Gasteiger partial charge in [0.05, 0.1) is 11.5 Å². The van der Waals surface area contributed by atoms with E-state index in [-0.39, 0.29) is 18.7 Å². The van der Waals surface area contributed by atoms with E-state index < -0.39 is 22.1 Å². The van der Waals surface area contributed by atoms with E-state index in [1.807, 2.05) is 0 Å². The van der Waals surface area contributed by atoms with Crippen LogP contribution in [-0.2, 0) is 6.54 Å². The third kappa shape index (κ3) is 3.31. The lowest BCUT2D eigenvalue weighted by Crippen LogP contribution is -2.43. The van der Waals surface area contributed by atoms with Gasteiger partial charge in [0, 0.05) is 18.2 Å². The van der Waals surface area contributed by atoms with Gasteiger partial charge in [0.1, 0.15) is 5.56 Å². The monoisotopic (exact) mass is 282 g/mol. The number of nitro benzene ring substituents is 1. The fourth-order valence-electron chi connectivity index (χ4n) is 1.71. The molecule has 0 heterocycles. The van der Waals surface area contributed by atoms with E-state index in [4.69, 9.17) is 0 Å². The minimum Gasteiger partial charge on any atom is -0.477 e. The van der Waals surface area contributed by atoms with Crippen molar-refractivity contribution in [1.82, 2.24) is 4.90 Å². The number of nitrogens with zero attached hydrogens (tertiary/aromatic N) is 2. The van der Waals surface area contributed by atoms with Crippen LogP contribution in [0.1, 0.15) is 29.8 Å². The Hall–Kier alpha value is -1.99. The summed E-state index contributed by atoms with van der Waals surface area (Å²) in [6, 6.07) is 4.17. The summed E-state index contributed by atoms with van der Waals surface area (Å²) < 4.78 is 0. The van der Waals surface area contributed by atoms with Crippen molar-refractivity contribution in [3.8, 4) is 0 Å². The van der Waals surface area contributed by atoms with Crippen molar-refractivity contribution in [2.45, 2.75) is 25.9 Å². The molecule has 110 valence electrons. The number of benzene rings is 1. The zero-order valence-electron chi connectivity index (χ0n) is 11.7. The lowest BCUT2D eigenvalue weighted by atomic mass is 10.0. The van der Waals surface area contributed by atoms with Crippen LogP contribution in [0.3, 0.4) is 0 Å². The Morgan fingerprint density at radius 1 is 1.45 bits per heavy atom. The van der Waals surface area contributed by atoms with Crippen molar-refractivity contribution in [1.29, 1.82) is 0 Å². The van der Waals surface area contributed by atoms with Crippen LogP contribution in [-0.4, -0.2) is 45.2 Å². The van der Waals surface area contributed by atoms with Crippen LogP contribution in [0.15, 0.2) is 18.2 Å². The predicted molar refractivity (Wildman–Crippen MR) is 72.7 cm³/mol. The van der Waals surface area contributed by atoms with Gasteiger partial charge in [0.25, 0.3) is 5.69 Å². The molecule has 0 aliphatic heterocycles. The minimum atomic E-state index is -1.33. The molecule has 0 atom stereocenters. The third-order valence-electron chi connectivity index (χ3n) is 3.37. The Morgan fingerprint density at radius 3 is 2.50 bits per heavy atom. The van der Waals surface area contributed by atoms with Crippen molar-refractivity contribution in [2.75, 3.05) is 13.7 Å². The Morgan fingerprint density at radius 2 is 2.05 bits per heavy atom. The van der Waals surface area contributed by atoms with E-state index >= 15 is 0 Å². The topological polar surface area (TPSA) is 104 Å². The van der Waals surface area contributed by atoms with Crippen LogP contribution in [0.4, 0.5) is 5.69 Å². The van der Waals surface area contributed by atoms with E-state index in [0.29, 0.717) is 5.56 Å². The van der Waals surface area contributed by atoms with Crippen LogP contribution >= 0.6 is 0 Å². The molecule has 0 unspecified atom stereocenters. The maximum atomic E-state index is 11.3. The second-order valence-corrected chi connectivity index (χ2v) is 5.20. The SMILES string of the molecule is CN(Cc1cccc([N+](=O)[O-])c1C(=O)O)C(C)(C)CO. The van der Waals surface area contributed by atoms with E-state index in [9.17, 15) is 25.1 Å². The summed E-state index contributed by atoms with van der Waals surface area (Å²) in [7, 11) is 1.72. The van der Waals surface area contributed by atoms with E-state index in [1.54, 1.807) is 31.9 Å². The summed E-state index contributed by atoms with van der Waals surface area (Å²) >= 11 is 0. The number of aromatic carboxylic acids is 1. The Balaban J connectivity index is 3.23. The molecule has 2 N–H and O–H groups in total. The van der Waals surface area contributed by atoms with Crippen molar-refractivity contribution in [3.05, 3.63) is 39.4 Å². The molecule has 0 aliphatic carbocycles. The second-order valence-electron chi connectivity index (χ2n) is 5.20. The minimum absolute atomic E-state index is 0.110. The molecule has 20 heavy (non-hydrogen) atoms. The number of likely N-dealkylation sites (N-methyl/N-ethyl adjacent to an activating group) is 1. The molecule has 0 amide bonds. The maximum absolute atomic E-state index is 11.3. The van der Waals surface area contributed by atoms with Gasteiger partial charge in [-0.1, -0.05) is 12.1 Å². The maximum Gasteiger partial charge on any atom is 0.343 e. The number of aliphatic hydroxyl groups is 1. The first-order valence-electron chi connectivity index (χ1n) is 6.02. The van der Waals surface area contributed by atoms with Crippen molar-refractivity contribution >= 4 is 11.7 Å². The average Bonchev–Trinajstić information content (AvgIpc) is 2.37. The molecule has 1 aromatic rings. The first kappa shape index (κ1) is 16.1. The molecular weight excluding hydrogens is 264 g/mol. The van der Waals surface area contributed by atoms with Gasteiger partial charge in [0.15, 0.2) is 0 Å². The highest BCUT2D eigenvalue weighted by atomic mass is 16.6. The van der Waals surface area contributed by atoms with Gasteiger partial charge in [-0.3, -0.25) is 15.0 Å². The largest absolute Gasteiger partial charge is 0.477 e. The first-order chi connectivity index (χ1) is 9.20. The summed E-state index contributed by atoms with van der Waals surface area (Å²) in [5.74, 6) is -1.33. The molecule has 7 nitrogen and oxygen atoms in total. The van der Waals surface area contributed by atoms with Gasteiger partial charge in [0.2, 0.25) is 0 Å². The molecular formula is C13H18N2O5. The molecule has 0 radical (unpaired) electrons. The Bertz CT molecular complexity index is 527. The number of hydrogen-bond donors (Lipinski definition) is 2. The van der Waals surface area contributed by atoms with Crippen molar-refractivity contribution in [2.24, 2.45) is 0 Å². The van der Waals surface area contributed by atoms with E-state index in [1.165, 1.54) is 12.1 Å². The molecule has 1 aromatic carbocycles. The number of hydrogen-bond acceptors (Lipinski definition) is 5. The highest BCUT2D eigenvalue weighted by Gasteiger charge is 2.27. The lowest BCUT2D eigenvalue weighted by molar-refractivity contribution is -0.385. The van der Waals surface area contributed by atoms with Gasteiger partial charge in [-0.05, 0) is 26.5 Å². The molecule has 0 saturated heterocycles. The quantitative estimate of drug-likeness (QED) is 0.605. The summed E-state index contributed by atoms with van der Waals surface area (Å²) in [6.07, 6.45) is 0. The number of carboxylic acids is 1. The molecule has 0 fully saturated rings. The molecule has 0 aliphatic rings. The van der Waals surface area contributed by atoms with Crippen molar-refractivity contribution < 1.29 is 19.9 Å². The molecule has 7 heteroatoms. The van der Waals surface area contributed by atoms with E-state index in [2.05, 4.69) is 0 Å². The van der Waals surface area contributed by atoms with Crippen LogP contribution in [0, 0.1) is 10.1 Å². The lowest BCUT2D eigenvalue weighted by Gasteiger charge is -2.34. The normalized spacial score (nSPS) is 11.7. The smallest absolute Gasteiger partial charge is 0.343 e. The zero-order chi connectivity index (χ0) is 15.5. The van der Waals surface area contributed by atoms with Gasteiger partial charge in [-0.2, -0.15) is 0 Å². The van der Waals surface area contributed by atoms with Crippen LogP contribution < -0.4 is 0 Å². The van der Waals surface area contributed by atoms with Gasteiger partial charge < -0.3 is 10.2 Å². The standard InChI is InChI=1S/C13H18N2O5/c1-13(2,8-16)14(3)7-9-5-4-6-10(15(19)20)11(9)12(17)18/h4-6,16H,7-8H2,1-3H3,(H,17,18). The number of aliphatic hydroxyl groups excluding tert-OH is 1. The summed E-state index contributed by atoms with van der Waals surface area (Å²) in [6.45, 7) is 3.67. The highest BCUT2D eigenvalue weighted by Crippen LogP contribution is 2.25. The fourth-order valence-corrected chi connectivity index (χ4v) is 1.71. The third-order valence-corrected chi connectivity index (χ3v) is 3.37. The summed E-state index contributed by atoms with van der Waals surface area (Å²) in [5, 5.41) is 29.4. The Kier molecular flexibility index (Phi) is 4.80. The second kappa shape index (κ2) is 5.98. The zero-order valence-corrected chi connectivity index (χ0v) is 11.7. The molecule has 0 spiro atoms. The van der Waals surface area contributed by atoms with Gasteiger partial charge in [-0.25, -0.2) is 4.79 Å². The predicted octanol–water partition coefficient (Wildman–Crippen LogP) is 1.50. The van der Waals surface area contributed by atoms with Crippen LogP contribution in [0.25, 0.3) is 0 Å². The first-order valence-corrected chi connectivity index (χ1v) is 6.02. The molecule has 1 rings (SSSR count). The average molecular weight is 282 g/mol. The number of carbonyl (C=O) groups is 1. The number of nitro groups is 1. The molecule has 0 aromatic heterocycles. The Labute approximate surface area is 116 Å². The van der Waals surface area contributed by atoms with Crippen LogP contribution in [0.2, 0.25) is 0 Å². The highest BCUT2D eigenvalue weighted by molar-refractivity contribution is 5.94. The van der Waals surface area contributed by atoms with E-state index in [0.717, 1.165) is 0 Å². The van der Waals surface area contributed by atoms with Gasteiger partial charge >= 0.3 is 5.97 Å².